The van der Waals surface area contributed by atoms with Crippen molar-refractivity contribution in [3.05, 3.63) is 17.9 Å². The summed E-state index contributed by atoms with van der Waals surface area (Å²) in [4.78, 5) is 16.4. The molecule has 1 atom stereocenters. The number of ether oxygens (including phenoxy) is 1. The van der Waals surface area contributed by atoms with Gasteiger partial charge in [0.1, 0.15) is 0 Å². The molecule has 2 fully saturated rings. The fraction of sp³-hybridized carbons (Fsp3) is 0.706. The summed E-state index contributed by atoms with van der Waals surface area (Å²) in [5, 5.41) is -0.297. The van der Waals surface area contributed by atoms with E-state index >= 15 is 0 Å². The summed E-state index contributed by atoms with van der Waals surface area (Å²) >= 11 is 0. The lowest BCUT2D eigenvalue weighted by Gasteiger charge is -2.28. The first-order valence-corrected chi connectivity index (χ1v) is 12.7. The first kappa shape index (κ1) is 22.2. The molecule has 0 N–H and O–H groups in total. The number of carbonyl (C=O) groups excluding carboxylic acids is 1. The van der Waals surface area contributed by atoms with Gasteiger partial charge in [0.25, 0.3) is 15.9 Å². The Morgan fingerprint density at radius 1 is 1.21 bits per heavy atom. The number of likely N-dealkylation sites (N-methyl/N-ethyl adjacent to an activating group) is 1. The number of rotatable bonds is 7. The van der Waals surface area contributed by atoms with Crippen molar-refractivity contribution in [3.63, 3.8) is 0 Å². The summed E-state index contributed by atoms with van der Waals surface area (Å²) in [6.45, 7) is 1.92. The molecule has 2 saturated heterocycles. The van der Waals surface area contributed by atoms with Gasteiger partial charge in [-0.25, -0.2) is 16.8 Å². The van der Waals surface area contributed by atoms with Crippen molar-refractivity contribution < 1.29 is 30.8 Å². The minimum atomic E-state index is -3.85. The molecule has 2 aliphatic heterocycles. The molecular formula is C17H27N3O7S2. The van der Waals surface area contributed by atoms with E-state index in [0.717, 1.165) is 0 Å². The molecule has 1 unspecified atom stereocenters. The number of amides is 1. The van der Waals surface area contributed by atoms with Crippen molar-refractivity contribution in [2.24, 2.45) is 0 Å². The molecule has 12 heteroatoms. The van der Waals surface area contributed by atoms with Crippen LogP contribution in [0.15, 0.2) is 21.6 Å². The fourth-order valence-electron chi connectivity index (χ4n) is 3.41. The molecular weight excluding hydrogens is 422 g/mol. The van der Waals surface area contributed by atoms with Crippen LogP contribution in [0.3, 0.4) is 0 Å². The maximum atomic E-state index is 13.1. The molecule has 0 aromatic carbocycles. The predicted octanol–water partition coefficient (Wildman–Crippen LogP) is -0.509. The van der Waals surface area contributed by atoms with Gasteiger partial charge in [-0.15, -0.1) is 0 Å². The number of sulfonamides is 1. The third-order valence-electron chi connectivity index (χ3n) is 5.05. The van der Waals surface area contributed by atoms with Crippen molar-refractivity contribution in [1.82, 2.24) is 14.1 Å². The first-order chi connectivity index (χ1) is 13.6. The molecule has 1 aromatic heterocycles. The van der Waals surface area contributed by atoms with Gasteiger partial charge in [-0.2, -0.15) is 4.31 Å². The van der Waals surface area contributed by atoms with E-state index in [1.165, 1.54) is 21.3 Å². The van der Waals surface area contributed by atoms with Gasteiger partial charge in [0.2, 0.25) is 5.09 Å². The SMILES string of the molecule is CN(C)CCN(C(=O)c1ccc(S(=O)(=O)N2CCOCC2)o1)C1CCS(=O)(=O)C1. The summed E-state index contributed by atoms with van der Waals surface area (Å²) in [5.74, 6) is -0.665. The van der Waals surface area contributed by atoms with Gasteiger partial charge in [-0.05, 0) is 32.6 Å². The van der Waals surface area contributed by atoms with Crippen LogP contribution < -0.4 is 0 Å². The van der Waals surface area contributed by atoms with Crippen LogP contribution in [0.4, 0.5) is 0 Å². The Morgan fingerprint density at radius 3 is 2.48 bits per heavy atom. The number of furan rings is 1. The molecule has 2 aliphatic rings. The molecule has 10 nitrogen and oxygen atoms in total. The van der Waals surface area contributed by atoms with Crippen molar-refractivity contribution in [2.75, 3.05) is 65.0 Å². The fourth-order valence-corrected chi connectivity index (χ4v) is 6.46. The van der Waals surface area contributed by atoms with Crippen LogP contribution in [0.5, 0.6) is 0 Å². The van der Waals surface area contributed by atoms with E-state index in [-0.39, 0.29) is 35.4 Å². The van der Waals surface area contributed by atoms with E-state index in [1.807, 2.05) is 19.0 Å². The minimum absolute atomic E-state index is 0.0399. The number of carbonyl (C=O) groups is 1. The highest BCUT2D eigenvalue weighted by atomic mass is 32.2. The average Bonchev–Trinajstić information content (AvgIpc) is 3.29. The molecule has 29 heavy (non-hydrogen) atoms. The minimum Gasteiger partial charge on any atom is -0.438 e. The maximum absolute atomic E-state index is 13.1. The lowest BCUT2D eigenvalue weighted by Crippen LogP contribution is -2.44. The zero-order valence-electron chi connectivity index (χ0n) is 16.6. The highest BCUT2D eigenvalue weighted by Crippen LogP contribution is 2.24. The van der Waals surface area contributed by atoms with Gasteiger partial charge < -0.3 is 19.0 Å². The summed E-state index contributed by atoms with van der Waals surface area (Å²) in [6, 6.07) is 2.16. The van der Waals surface area contributed by atoms with E-state index < -0.39 is 31.8 Å². The van der Waals surface area contributed by atoms with Crippen LogP contribution >= 0.6 is 0 Å². The molecule has 1 amide bonds. The van der Waals surface area contributed by atoms with Crippen molar-refractivity contribution in [2.45, 2.75) is 17.6 Å². The Morgan fingerprint density at radius 2 is 1.90 bits per heavy atom. The second-order valence-electron chi connectivity index (χ2n) is 7.49. The van der Waals surface area contributed by atoms with Crippen molar-refractivity contribution in [3.8, 4) is 0 Å². The highest BCUT2D eigenvalue weighted by molar-refractivity contribution is 7.91. The van der Waals surface area contributed by atoms with Gasteiger partial charge in [0.05, 0.1) is 24.7 Å². The standard InChI is InChI=1S/C17H27N3O7S2/c1-18(2)6-7-20(14-5-12-28(22,23)13-14)17(21)15-3-4-16(27-15)29(24,25)19-8-10-26-11-9-19/h3-4,14H,5-13H2,1-2H3. The van der Waals surface area contributed by atoms with E-state index in [2.05, 4.69) is 0 Å². The zero-order chi connectivity index (χ0) is 21.2. The Labute approximate surface area is 171 Å². The third-order valence-corrected chi connectivity index (χ3v) is 8.58. The molecule has 1 aromatic rings. The Kier molecular flexibility index (Phi) is 6.68. The predicted molar refractivity (Wildman–Crippen MR) is 105 cm³/mol. The molecule has 0 saturated carbocycles. The number of nitrogens with zero attached hydrogens (tertiary/aromatic N) is 3. The lowest BCUT2D eigenvalue weighted by molar-refractivity contribution is 0.0641. The van der Waals surface area contributed by atoms with Crippen LogP contribution in [0.2, 0.25) is 0 Å². The highest BCUT2D eigenvalue weighted by Gasteiger charge is 2.37. The van der Waals surface area contributed by atoms with E-state index in [4.69, 9.17) is 9.15 Å². The quantitative estimate of drug-likeness (QED) is 0.546. The van der Waals surface area contributed by atoms with Gasteiger partial charge in [0, 0.05) is 32.2 Å². The molecule has 0 bridgehead atoms. The Bertz CT molecular complexity index is 934. The van der Waals surface area contributed by atoms with Crippen LogP contribution in [0, 0.1) is 0 Å². The molecule has 0 radical (unpaired) electrons. The van der Waals surface area contributed by atoms with E-state index in [0.29, 0.717) is 32.7 Å². The van der Waals surface area contributed by atoms with Gasteiger partial charge >= 0.3 is 0 Å². The molecule has 3 rings (SSSR count). The Hall–Kier alpha value is -1.47. The topological polar surface area (TPSA) is 117 Å². The Balaban J connectivity index is 1.81. The van der Waals surface area contributed by atoms with Crippen LogP contribution in [0.25, 0.3) is 0 Å². The second-order valence-corrected chi connectivity index (χ2v) is 11.6. The second kappa shape index (κ2) is 8.72. The monoisotopic (exact) mass is 449 g/mol. The number of hydrogen-bond donors (Lipinski definition) is 0. The van der Waals surface area contributed by atoms with Crippen LogP contribution in [0.1, 0.15) is 17.0 Å². The zero-order valence-corrected chi connectivity index (χ0v) is 18.2. The van der Waals surface area contributed by atoms with Gasteiger partial charge in [-0.1, -0.05) is 0 Å². The molecule has 0 spiro atoms. The average molecular weight is 450 g/mol. The maximum Gasteiger partial charge on any atom is 0.289 e. The van der Waals surface area contributed by atoms with Gasteiger partial charge in [0.15, 0.2) is 15.6 Å². The number of morpholine rings is 1. The number of hydrogen-bond acceptors (Lipinski definition) is 8. The normalized spacial score (nSPS) is 22.8. The van der Waals surface area contributed by atoms with E-state index in [1.54, 1.807) is 0 Å². The first-order valence-electron chi connectivity index (χ1n) is 9.44. The summed E-state index contributed by atoms with van der Waals surface area (Å²) in [6.07, 6.45) is 0.362. The summed E-state index contributed by atoms with van der Waals surface area (Å²) in [7, 11) is -3.32. The van der Waals surface area contributed by atoms with Crippen molar-refractivity contribution >= 4 is 25.8 Å². The molecule has 3 heterocycles. The van der Waals surface area contributed by atoms with Crippen LogP contribution in [-0.2, 0) is 24.6 Å². The van der Waals surface area contributed by atoms with Crippen molar-refractivity contribution in [1.29, 1.82) is 0 Å². The van der Waals surface area contributed by atoms with E-state index in [9.17, 15) is 21.6 Å². The smallest absolute Gasteiger partial charge is 0.289 e. The number of sulfone groups is 1. The molecule has 164 valence electrons. The third kappa shape index (κ3) is 5.18. The lowest BCUT2D eigenvalue weighted by atomic mass is 10.2. The van der Waals surface area contributed by atoms with Crippen LogP contribution in [-0.4, -0.2) is 108 Å². The summed E-state index contributed by atoms with van der Waals surface area (Å²) in [5.41, 5.74) is 0. The molecule has 0 aliphatic carbocycles. The van der Waals surface area contributed by atoms with Gasteiger partial charge in [-0.3, -0.25) is 4.79 Å². The summed E-state index contributed by atoms with van der Waals surface area (Å²) < 4.78 is 61.1. The largest absolute Gasteiger partial charge is 0.438 e.